The topological polar surface area (TPSA) is 48.1 Å². The Bertz CT molecular complexity index is 307. The normalized spacial score (nSPS) is 19.6. The highest BCUT2D eigenvalue weighted by Crippen LogP contribution is 2.31. The maximum atomic E-state index is 6.02. The zero-order valence-corrected chi connectivity index (χ0v) is 9.69. The number of rotatable bonds is 4. The minimum absolute atomic E-state index is 0.0875. The van der Waals surface area contributed by atoms with Crippen LogP contribution in [0.4, 0.5) is 0 Å². The van der Waals surface area contributed by atoms with E-state index in [9.17, 15) is 0 Å². The van der Waals surface area contributed by atoms with Crippen molar-refractivity contribution in [2.24, 2.45) is 5.73 Å². The van der Waals surface area contributed by atoms with Crippen molar-refractivity contribution in [2.75, 3.05) is 6.54 Å². The SMILES string of the molecule is NCC1(OCc2ccccn2)CCCCC1. The van der Waals surface area contributed by atoms with Crippen molar-refractivity contribution in [3.05, 3.63) is 30.1 Å². The van der Waals surface area contributed by atoms with Crippen molar-refractivity contribution in [1.29, 1.82) is 0 Å². The lowest BCUT2D eigenvalue weighted by Crippen LogP contribution is -2.42. The zero-order chi connectivity index (χ0) is 11.3. The highest BCUT2D eigenvalue weighted by molar-refractivity contribution is 5.02. The highest BCUT2D eigenvalue weighted by Gasteiger charge is 2.31. The van der Waals surface area contributed by atoms with Gasteiger partial charge in [-0.25, -0.2) is 0 Å². The predicted molar refractivity (Wildman–Crippen MR) is 63.9 cm³/mol. The summed E-state index contributed by atoms with van der Waals surface area (Å²) in [6, 6.07) is 5.90. The Morgan fingerprint density at radius 1 is 1.25 bits per heavy atom. The van der Waals surface area contributed by atoms with Crippen LogP contribution in [0.15, 0.2) is 24.4 Å². The number of hydrogen-bond donors (Lipinski definition) is 1. The smallest absolute Gasteiger partial charge is 0.0896 e. The molecule has 0 bridgehead atoms. The van der Waals surface area contributed by atoms with E-state index in [0.29, 0.717) is 13.2 Å². The number of pyridine rings is 1. The molecule has 3 heteroatoms. The maximum Gasteiger partial charge on any atom is 0.0896 e. The van der Waals surface area contributed by atoms with E-state index in [4.69, 9.17) is 10.5 Å². The van der Waals surface area contributed by atoms with Crippen LogP contribution in [0.5, 0.6) is 0 Å². The third kappa shape index (κ3) is 2.80. The maximum absolute atomic E-state index is 6.02. The van der Waals surface area contributed by atoms with Crippen molar-refractivity contribution in [3.8, 4) is 0 Å². The average molecular weight is 220 g/mol. The van der Waals surface area contributed by atoms with Crippen LogP contribution in [0.3, 0.4) is 0 Å². The minimum Gasteiger partial charge on any atom is -0.367 e. The van der Waals surface area contributed by atoms with Gasteiger partial charge in [0.2, 0.25) is 0 Å². The Morgan fingerprint density at radius 3 is 2.69 bits per heavy atom. The summed E-state index contributed by atoms with van der Waals surface area (Å²) in [5, 5.41) is 0. The molecule has 88 valence electrons. The van der Waals surface area contributed by atoms with Crippen LogP contribution in [0.2, 0.25) is 0 Å². The molecule has 1 heterocycles. The summed E-state index contributed by atoms with van der Waals surface area (Å²) in [6.07, 6.45) is 7.77. The summed E-state index contributed by atoms with van der Waals surface area (Å²) in [5.41, 5.74) is 6.76. The molecule has 0 saturated heterocycles. The Labute approximate surface area is 97.0 Å². The Balaban J connectivity index is 1.92. The largest absolute Gasteiger partial charge is 0.367 e. The third-order valence-corrected chi connectivity index (χ3v) is 3.39. The van der Waals surface area contributed by atoms with E-state index in [1.165, 1.54) is 19.3 Å². The summed E-state index contributed by atoms with van der Waals surface area (Å²) >= 11 is 0. The van der Waals surface area contributed by atoms with Crippen molar-refractivity contribution >= 4 is 0 Å². The first kappa shape index (κ1) is 11.6. The second kappa shape index (κ2) is 5.41. The van der Waals surface area contributed by atoms with Crippen molar-refractivity contribution < 1.29 is 4.74 Å². The number of nitrogens with two attached hydrogens (primary N) is 1. The molecule has 1 aliphatic carbocycles. The van der Waals surface area contributed by atoms with Gasteiger partial charge in [-0.05, 0) is 25.0 Å². The molecule has 1 aliphatic rings. The van der Waals surface area contributed by atoms with Gasteiger partial charge in [0.15, 0.2) is 0 Å². The van der Waals surface area contributed by atoms with Gasteiger partial charge < -0.3 is 10.5 Å². The van der Waals surface area contributed by atoms with Crippen LogP contribution in [-0.2, 0) is 11.3 Å². The Hall–Kier alpha value is -0.930. The fourth-order valence-electron chi connectivity index (χ4n) is 2.31. The van der Waals surface area contributed by atoms with Gasteiger partial charge in [0, 0.05) is 12.7 Å². The number of aromatic nitrogens is 1. The fourth-order valence-corrected chi connectivity index (χ4v) is 2.31. The van der Waals surface area contributed by atoms with E-state index in [-0.39, 0.29) is 5.60 Å². The van der Waals surface area contributed by atoms with Crippen LogP contribution in [-0.4, -0.2) is 17.1 Å². The number of hydrogen-bond acceptors (Lipinski definition) is 3. The lowest BCUT2D eigenvalue weighted by Gasteiger charge is -2.36. The molecule has 1 aromatic rings. The quantitative estimate of drug-likeness (QED) is 0.846. The van der Waals surface area contributed by atoms with Gasteiger partial charge in [0.05, 0.1) is 17.9 Å². The molecule has 0 unspecified atom stereocenters. The molecule has 3 nitrogen and oxygen atoms in total. The van der Waals surface area contributed by atoms with Gasteiger partial charge in [0.25, 0.3) is 0 Å². The molecule has 0 aliphatic heterocycles. The molecular weight excluding hydrogens is 200 g/mol. The molecule has 1 aromatic heterocycles. The van der Waals surface area contributed by atoms with E-state index in [1.54, 1.807) is 6.20 Å². The van der Waals surface area contributed by atoms with Crippen molar-refractivity contribution in [1.82, 2.24) is 4.98 Å². The van der Waals surface area contributed by atoms with Gasteiger partial charge in [0.1, 0.15) is 0 Å². The van der Waals surface area contributed by atoms with Gasteiger partial charge in [-0.3, -0.25) is 4.98 Å². The van der Waals surface area contributed by atoms with Crippen LogP contribution >= 0.6 is 0 Å². The average Bonchev–Trinajstić information content (AvgIpc) is 2.39. The fraction of sp³-hybridized carbons (Fsp3) is 0.615. The summed E-state index contributed by atoms with van der Waals surface area (Å²) in [4.78, 5) is 4.26. The van der Waals surface area contributed by atoms with Crippen LogP contribution < -0.4 is 5.73 Å². The second-order valence-corrected chi connectivity index (χ2v) is 4.56. The number of ether oxygens (including phenoxy) is 1. The lowest BCUT2D eigenvalue weighted by molar-refractivity contribution is -0.0744. The van der Waals surface area contributed by atoms with Crippen LogP contribution in [0.25, 0.3) is 0 Å². The summed E-state index contributed by atoms with van der Waals surface area (Å²) in [5.74, 6) is 0. The Kier molecular flexibility index (Phi) is 3.91. The van der Waals surface area contributed by atoms with E-state index >= 15 is 0 Å². The van der Waals surface area contributed by atoms with Crippen LogP contribution in [0, 0.1) is 0 Å². The molecule has 0 amide bonds. The Morgan fingerprint density at radius 2 is 2.06 bits per heavy atom. The first-order valence-corrected chi connectivity index (χ1v) is 6.09. The molecule has 1 saturated carbocycles. The second-order valence-electron chi connectivity index (χ2n) is 4.56. The van der Waals surface area contributed by atoms with Gasteiger partial charge in [-0.2, -0.15) is 0 Å². The van der Waals surface area contributed by atoms with Gasteiger partial charge in [-0.1, -0.05) is 25.3 Å². The molecule has 2 N–H and O–H groups in total. The van der Waals surface area contributed by atoms with E-state index in [1.807, 2.05) is 18.2 Å². The van der Waals surface area contributed by atoms with Crippen molar-refractivity contribution in [2.45, 2.75) is 44.3 Å². The summed E-state index contributed by atoms with van der Waals surface area (Å²) in [7, 11) is 0. The number of nitrogens with zero attached hydrogens (tertiary/aromatic N) is 1. The molecule has 1 fully saturated rings. The van der Waals surface area contributed by atoms with E-state index in [0.717, 1.165) is 18.5 Å². The van der Waals surface area contributed by atoms with E-state index in [2.05, 4.69) is 4.98 Å². The molecular formula is C13H20N2O. The molecule has 0 radical (unpaired) electrons. The predicted octanol–water partition coefficient (Wildman–Crippen LogP) is 2.26. The minimum atomic E-state index is -0.0875. The monoisotopic (exact) mass is 220 g/mol. The summed E-state index contributed by atoms with van der Waals surface area (Å²) in [6.45, 7) is 1.21. The molecule has 0 atom stereocenters. The molecule has 0 aromatic carbocycles. The standard InChI is InChI=1S/C13H20N2O/c14-11-13(7-3-1-4-8-13)16-10-12-6-2-5-9-15-12/h2,5-6,9H,1,3-4,7-8,10-11,14H2. The molecule has 0 spiro atoms. The lowest BCUT2D eigenvalue weighted by atomic mass is 9.85. The first-order valence-electron chi connectivity index (χ1n) is 6.09. The molecule has 2 rings (SSSR count). The molecule has 16 heavy (non-hydrogen) atoms. The third-order valence-electron chi connectivity index (χ3n) is 3.39. The van der Waals surface area contributed by atoms with Gasteiger partial charge >= 0.3 is 0 Å². The first-order chi connectivity index (χ1) is 7.85. The highest BCUT2D eigenvalue weighted by atomic mass is 16.5. The van der Waals surface area contributed by atoms with Crippen LogP contribution in [0.1, 0.15) is 37.8 Å². The van der Waals surface area contributed by atoms with Crippen molar-refractivity contribution in [3.63, 3.8) is 0 Å². The van der Waals surface area contributed by atoms with E-state index < -0.39 is 0 Å². The summed E-state index contributed by atoms with van der Waals surface area (Å²) < 4.78 is 6.02. The van der Waals surface area contributed by atoms with Gasteiger partial charge in [-0.15, -0.1) is 0 Å². The zero-order valence-electron chi connectivity index (χ0n) is 9.69.